The van der Waals surface area contributed by atoms with Crippen LogP contribution in [0.3, 0.4) is 0 Å². The maximum atomic E-state index is 10.3. The number of nitrogens with zero attached hydrogens (tertiary/aromatic N) is 7. The molecule has 0 aliphatic carbocycles. The smallest absolute Gasteiger partial charge is 0.206 e. The Morgan fingerprint density at radius 2 is 1.69 bits per heavy atom. The van der Waals surface area contributed by atoms with Gasteiger partial charge in [-0.3, -0.25) is 0 Å². The highest BCUT2D eigenvalue weighted by Crippen LogP contribution is 2.32. The first-order valence-electron chi connectivity index (χ1n) is 14.4. The number of rotatable bonds is 4. The molecule has 0 unspecified atom stereocenters. The highest BCUT2D eigenvalue weighted by molar-refractivity contribution is 5.74. The van der Waals surface area contributed by atoms with E-state index in [0.29, 0.717) is 36.1 Å². The van der Waals surface area contributed by atoms with Gasteiger partial charge >= 0.3 is 0 Å². The van der Waals surface area contributed by atoms with E-state index in [1.165, 1.54) is 0 Å². The van der Waals surface area contributed by atoms with E-state index in [0.717, 1.165) is 62.1 Å². The van der Waals surface area contributed by atoms with Crippen molar-refractivity contribution in [2.45, 2.75) is 20.3 Å². The number of nitrogens with two attached hydrogens (primary N) is 1. The number of aromatic hydroxyl groups is 1. The molecule has 4 aromatic rings. The fourth-order valence-corrected chi connectivity index (χ4v) is 5.04. The van der Waals surface area contributed by atoms with E-state index in [9.17, 15) is 5.11 Å². The van der Waals surface area contributed by atoms with Crippen molar-refractivity contribution in [3.05, 3.63) is 72.7 Å². The summed E-state index contributed by atoms with van der Waals surface area (Å²) in [5.74, 6) is 9.16. The summed E-state index contributed by atoms with van der Waals surface area (Å²) in [4.78, 5) is 15.8. The van der Waals surface area contributed by atoms with E-state index in [2.05, 4.69) is 47.8 Å². The summed E-state index contributed by atoms with van der Waals surface area (Å²) in [6.07, 6.45) is 2.68. The molecule has 0 radical (unpaired) electrons. The second-order valence-electron chi connectivity index (χ2n) is 9.62. The first-order valence-corrected chi connectivity index (χ1v) is 14.4. The molecule has 2 aromatic carbocycles. The molecule has 2 aliphatic rings. The Labute approximate surface area is 246 Å². The molecule has 6 rings (SSSR count). The van der Waals surface area contributed by atoms with Gasteiger partial charge < -0.3 is 30.3 Å². The summed E-state index contributed by atoms with van der Waals surface area (Å²) >= 11 is 0. The van der Waals surface area contributed by atoms with Crippen LogP contribution in [0.15, 0.2) is 66.9 Å². The topological polar surface area (TPSA) is 117 Å². The van der Waals surface area contributed by atoms with E-state index >= 15 is 0 Å². The molecule has 216 valence electrons. The van der Waals surface area contributed by atoms with Crippen molar-refractivity contribution in [2.75, 3.05) is 66.3 Å². The quantitative estimate of drug-likeness (QED) is 0.349. The Morgan fingerprint density at radius 3 is 2.57 bits per heavy atom. The van der Waals surface area contributed by atoms with Gasteiger partial charge in [0.1, 0.15) is 23.9 Å². The van der Waals surface area contributed by atoms with Crippen molar-refractivity contribution in [3.8, 4) is 34.6 Å². The highest BCUT2D eigenvalue weighted by atomic mass is 16.5. The van der Waals surface area contributed by atoms with Crippen molar-refractivity contribution < 1.29 is 9.84 Å². The van der Waals surface area contributed by atoms with Gasteiger partial charge in [-0.1, -0.05) is 44.0 Å². The second-order valence-corrected chi connectivity index (χ2v) is 9.62. The van der Waals surface area contributed by atoms with Crippen molar-refractivity contribution in [1.82, 2.24) is 20.2 Å². The molecule has 42 heavy (non-hydrogen) atoms. The van der Waals surface area contributed by atoms with Gasteiger partial charge in [-0.25, -0.2) is 9.97 Å². The number of hydrogen-bond acceptors (Lipinski definition) is 10. The third-order valence-corrected chi connectivity index (χ3v) is 7.08. The normalized spacial score (nSPS) is 14.4. The van der Waals surface area contributed by atoms with Crippen LogP contribution in [0.25, 0.3) is 11.3 Å². The highest BCUT2D eigenvalue weighted by Gasteiger charge is 2.21. The molecule has 1 saturated heterocycles. The van der Waals surface area contributed by atoms with E-state index in [-0.39, 0.29) is 5.75 Å². The lowest BCUT2D eigenvalue weighted by molar-refractivity contribution is 0.310. The number of hydrogen-bond donors (Lipinski definition) is 2. The number of phenolic OH excluding ortho intramolecular Hbond substituents is 1. The standard InChI is InChI=1S/C30H30N8O2.C2H6/c31-30-25(21-23(34-35-30)22-7-1-3-9-26(22)39)36-15-6-16-38(18-17-36)29-12-13-32-28(33-29)11-5-14-37-19-20-40-27-10-4-2-8-24(27)37;1-2/h1-4,7-10,12-13,21,39H,6,14-20H2,(H2,31,35);1-2H3. The van der Waals surface area contributed by atoms with Crippen LogP contribution in [-0.2, 0) is 0 Å². The van der Waals surface area contributed by atoms with Crippen LogP contribution in [0.5, 0.6) is 11.5 Å². The molecule has 2 aliphatic heterocycles. The molecule has 0 amide bonds. The molecular formula is C32H36N8O2. The number of aromatic nitrogens is 4. The zero-order chi connectivity index (χ0) is 29.3. The Hall–Kier alpha value is -5.04. The minimum absolute atomic E-state index is 0.159. The van der Waals surface area contributed by atoms with Crippen molar-refractivity contribution in [2.24, 2.45) is 0 Å². The van der Waals surface area contributed by atoms with Gasteiger partial charge in [-0.15, -0.1) is 10.2 Å². The van der Waals surface area contributed by atoms with Crippen LogP contribution < -0.4 is 25.2 Å². The molecule has 10 heteroatoms. The number of para-hydroxylation sites is 3. The van der Waals surface area contributed by atoms with Gasteiger partial charge in [0, 0.05) is 37.9 Å². The fraction of sp³-hybridized carbons (Fsp3) is 0.312. The number of ether oxygens (including phenoxy) is 1. The summed E-state index contributed by atoms with van der Waals surface area (Å²) in [6, 6.07) is 18.9. The Morgan fingerprint density at radius 1 is 0.905 bits per heavy atom. The summed E-state index contributed by atoms with van der Waals surface area (Å²) in [5, 5.41) is 18.7. The van der Waals surface area contributed by atoms with E-state index < -0.39 is 0 Å². The lowest BCUT2D eigenvalue weighted by Gasteiger charge is -2.29. The Kier molecular flexibility index (Phi) is 9.19. The predicted octanol–water partition coefficient (Wildman–Crippen LogP) is 4.21. The summed E-state index contributed by atoms with van der Waals surface area (Å²) in [5.41, 5.74) is 9.33. The average Bonchev–Trinajstić information content (AvgIpc) is 3.29. The third-order valence-electron chi connectivity index (χ3n) is 7.08. The fourth-order valence-electron chi connectivity index (χ4n) is 5.04. The largest absolute Gasteiger partial charge is 0.507 e. The predicted molar refractivity (Wildman–Crippen MR) is 167 cm³/mol. The molecule has 0 atom stereocenters. The molecule has 0 spiro atoms. The van der Waals surface area contributed by atoms with Gasteiger partial charge in [-0.2, -0.15) is 0 Å². The minimum Gasteiger partial charge on any atom is -0.507 e. The minimum atomic E-state index is 0.159. The first-order chi connectivity index (χ1) is 20.7. The first kappa shape index (κ1) is 28.5. The van der Waals surface area contributed by atoms with Crippen LogP contribution in [0.2, 0.25) is 0 Å². The number of benzene rings is 2. The molecule has 3 N–H and O–H groups in total. The van der Waals surface area contributed by atoms with Crippen LogP contribution >= 0.6 is 0 Å². The average molecular weight is 565 g/mol. The monoisotopic (exact) mass is 564 g/mol. The maximum absolute atomic E-state index is 10.3. The van der Waals surface area contributed by atoms with Gasteiger partial charge in [0.2, 0.25) is 5.82 Å². The van der Waals surface area contributed by atoms with Gasteiger partial charge in [0.05, 0.1) is 30.2 Å². The lowest BCUT2D eigenvalue weighted by Crippen LogP contribution is -2.32. The summed E-state index contributed by atoms with van der Waals surface area (Å²) < 4.78 is 5.74. The maximum Gasteiger partial charge on any atom is 0.206 e. The number of fused-ring (bicyclic) bond motifs is 1. The van der Waals surface area contributed by atoms with Crippen molar-refractivity contribution in [3.63, 3.8) is 0 Å². The number of phenols is 1. The van der Waals surface area contributed by atoms with E-state index in [4.69, 9.17) is 15.5 Å². The zero-order valence-electron chi connectivity index (χ0n) is 24.1. The Balaban J connectivity index is 0.00000173. The van der Waals surface area contributed by atoms with Crippen LogP contribution in [0, 0.1) is 11.8 Å². The van der Waals surface area contributed by atoms with E-state index in [1.807, 2.05) is 56.3 Å². The van der Waals surface area contributed by atoms with Crippen LogP contribution in [0.4, 0.5) is 23.0 Å². The van der Waals surface area contributed by atoms with Crippen molar-refractivity contribution in [1.29, 1.82) is 0 Å². The van der Waals surface area contributed by atoms with Gasteiger partial charge in [0.15, 0.2) is 5.82 Å². The van der Waals surface area contributed by atoms with Crippen molar-refractivity contribution >= 4 is 23.0 Å². The molecule has 0 bridgehead atoms. The summed E-state index contributed by atoms with van der Waals surface area (Å²) in [6.45, 7) is 9.16. The van der Waals surface area contributed by atoms with E-state index in [1.54, 1.807) is 18.3 Å². The summed E-state index contributed by atoms with van der Waals surface area (Å²) in [7, 11) is 0. The van der Waals surface area contributed by atoms with Gasteiger partial charge in [0.25, 0.3) is 0 Å². The molecule has 0 saturated carbocycles. The third kappa shape index (κ3) is 6.47. The lowest BCUT2D eigenvalue weighted by atomic mass is 10.1. The van der Waals surface area contributed by atoms with Gasteiger partial charge in [-0.05, 0) is 48.7 Å². The molecule has 1 fully saturated rings. The number of anilines is 4. The Bertz CT molecular complexity index is 1570. The molecule has 4 heterocycles. The van der Waals surface area contributed by atoms with Crippen LogP contribution in [-0.4, -0.2) is 71.1 Å². The number of nitrogen functional groups attached to an aromatic ring is 1. The molecule has 10 nitrogen and oxygen atoms in total. The molecule has 2 aromatic heterocycles. The molecular weight excluding hydrogens is 528 g/mol. The second kappa shape index (κ2) is 13.5. The van der Waals surface area contributed by atoms with Crippen LogP contribution in [0.1, 0.15) is 26.1 Å². The zero-order valence-corrected chi connectivity index (χ0v) is 24.1. The SMILES string of the molecule is CC.Nc1nnc(-c2ccccc2O)cc1N1CCCN(c2ccnc(C#CCN3CCOc4ccccc43)n2)CC1.